The SMILES string of the molecule is CC1(C)OCC(C2OC(=O)C(O)=C2O)O1.O=C1OC(C(O)CO)C(O)=C1O. The van der Waals surface area contributed by atoms with E-state index >= 15 is 0 Å². The van der Waals surface area contributed by atoms with E-state index in [0.29, 0.717) is 0 Å². The highest BCUT2D eigenvalue weighted by atomic mass is 16.8. The van der Waals surface area contributed by atoms with E-state index in [1.165, 1.54) is 0 Å². The predicted molar refractivity (Wildman–Crippen MR) is 82.3 cm³/mol. The molecular formula is C15H20O12. The summed E-state index contributed by atoms with van der Waals surface area (Å²) in [5.41, 5.74) is 0. The molecule has 152 valence electrons. The van der Waals surface area contributed by atoms with Gasteiger partial charge in [0.15, 0.2) is 29.5 Å². The summed E-state index contributed by atoms with van der Waals surface area (Å²) in [6, 6.07) is 0. The van der Waals surface area contributed by atoms with Crippen LogP contribution in [0.3, 0.4) is 0 Å². The summed E-state index contributed by atoms with van der Waals surface area (Å²) >= 11 is 0. The summed E-state index contributed by atoms with van der Waals surface area (Å²) < 4.78 is 19.7. The van der Waals surface area contributed by atoms with Gasteiger partial charge in [0, 0.05) is 0 Å². The lowest BCUT2D eigenvalue weighted by Gasteiger charge is -2.19. The molecule has 0 amide bonds. The van der Waals surface area contributed by atoms with Gasteiger partial charge in [-0.3, -0.25) is 0 Å². The monoisotopic (exact) mass is 392 g/mol. The van der Waals surface area contributed by atoms with Crippen LogP contribution in [0.15, 0.2) is 23.0 Å². The fraction of sp³-hybridized carbons (Fsp3) is 0.600. The van der Waals surface area contributed by atoms with Gasteiger partial charge in [-0.1, -0.05) is 0 Å². The average Bonchev–Trinajstić information content (AvgIpc) is 3.20. The van der Waals surface area contributed by atoms with Gasteiger partial charge in [-0.2, -0.15) is 0 Å². The second-order valence-corrected chi connectivity index (χ2v) is 6.24. The van der Waals surface area contributed by atoms with Crippen molar-refractivity contribution in [2.45, 2.75) is 44.1 Å². The van der Waals surface area contributed by atoms with Crippen LogP contribution >= 0.6 is 0 Å². The normalized spacial score (nSPS) is 30.7. The third kappa shape index (κ3) is 4.24. The molecule has 3 aliphatic heterocycles. The standard InChI is InChI=1S/C9H12O6.C6H8O6/c1-9(2)13-3-4(15-9)7-5(10)6(11)8(12)14-7;7-1-2(8)5-3(9)4(10)6(11)12-5/h4,7,10-11H,3H2,1-2H3;2,5,7-10H,1H2. The average molecular weight is 392 g/mol. The number of ether oxygens (including phenoxy) is 4. The van der Waals surface area contributed by atoms with Crippen LogP contribution in [0.4, 0.5) is 0 Å². The molecule has 12 nitrogen and oxygen atoms in total. The molecule has 0 bridgehead atoms. The topological polar surface area (TPSA) is 192 Å². The molecule has 12 heteroatoms. The molecule has 0 spiro atoms. The Balaban J connectivity index is 0.000000199. The smallest absolute Gasteiger partial charge is 0.377 e. The van der Waals surface area contributed by atoms with E-state index in [4.69, 9.17) is 39.7 Å². The second-order valence-electron chi connectivity index (χ2n) is 6.24. The van der Waals surface area contributed by atoms with Crippen LogP contribution in [0.25, 0.3) is 0 Å². The van der Waals surface area contributed by atoms with Gasteiger partial charge in [-0.15, -0.1) is 0 Å². The fourth-order valence-electron chi connectivity index (χ4n) is 2.41. The first-order valence-electron chi connectivity index (χ1n) is 7.75. The number of rotatable bonds is 3. The van der Waals surface area contributed by atoms with Crippen molar-refractivity contribution >= 4 is 11.9 Å². The Kier molecular flexibility index (Phi) is 5.85. The van der Waals surface area contributed by atoms with Gasteiger partial charge in [-0.05, 0) is 13.8 Å². The molecule has 0 aliphatic carbocycles. The molecule has 0 radical (unpaired) electrons. The molecular weight excluding hydrogens is 372 g/mol. The van der Waals surface area contributed by atoms with Crippen LogP contribution in [0.5, 0.6) is 0 Å². The van der Waals surface area contributed by atoms with Crippen molar-refractivity contribution in [2.24, 2.45) is 0 Å². The molecule has 3 aliphatic rings. The number of carbonyl (C=O) groups is 2. The molecule has 0 saturated carbocycles. The zero-order valence-corrected chi connectivity index (χ0v) is 14.4. The van der Waals surface area contributed by atoms with E-state index < -0.39 is 71.8 Å². The number of cyclic esters (lactones) is 2. The molecule has 6 N–H and O–H groups in total. The van der Waals surface area contributed by atoms with Gasteiger partial charge in [0.05, 0.1) is 13.2 Å². The molecule has 1 fully saturated rings. The Morgan fingerprint density at radius 2 is 1.59 bits per heavy atom. The lowest BCUT2D eigenvalue weighted by atomic mass is 10.2. The van der Waals surface area contributed by atoms with Gasteiger partial charge in [0.1, 0.15) is 12.2 Å². The molecule has 3 rings (SSSR count). The molecule has 0 aromatic heterocycles. The van der Waals surface area contributed by atoms with Crippen LogP contribution in [-0.4, -0.2) is 86.0 Å². The molecule has 0 aromatic carbocycles. The first-order valence-corrected chi connectivity index (χ1v) is 7.75. The van der Waals surface area contributed by atoms with Crippen molar-refractivity contribution in [3.63, 3.8) is 0 Å². The quantitative estimate of drug-likeness (QED) is 0.321. The number of hydrogen-bond acceptors (Lipinski definition) is 12. The van der Waals surface area contributed by atoms with Crippen molar-refractivity contribution in [1.82, 2.24) is 0 Å². The van der Waals surface area contributed by atoms with E-state index in [1.807, 2.05) is 0 Å². The van der Waals surface area contributed by atoms with Gasteiger partial charge < -0.3 is 49.6 Å². The zero-order chi connectivity index (χ0) is 20.5. The Morgan fingerprint density at radius 3 is 1.96 bits per heavy atom. The van der Waals surface area contributed by atoms with Crippen LogP contribution in [0.1, 0.15) is 13.8 Å². The first kappa shape index (κ1) is 20.8. The first-order chi connectivity index (χ1) is 12.5. The number of aliphatic hydroxyl groups is 6. The van der Waals surface area contributed by atoms with E-state index in [2.05, 4.69) is 4.74 Å². The van der Waals surface area contributed by atoms with E-state index in [0.717, 1.165) is 0 Å². The highest BCUT2D eigenvalue weighted by molar-refractivity contribution is 5.89. The van der Waals surface area contributed by atoms with Crippen molar-refractivity contribution in [2.75, 3.05) is 13.2 Å². The van der Waals surface area contributed by atoms with Gasteiger partial charge in [0.25, 0.3) is 0 Å². The minimum Gasteiger partial charge on any atom is -0.505 e. The molecule has 27 heavy (non-hydrogen) atoms. The van der Waals surface area contributed by atoms with Crippen LogP contribution in [0.2, 0.25) is 0 Å². The predicted octanol–water partition coefficient (Wildman–Crippen LogP) is -1.02. The summed E-state index contributed by atoms with van der Waals surface area (Å²) in [6.45, 7) is 2.95. The van der Waals surface area contributed by atoms with Crippen LogP contribution < -0.4 is 0 Å². The summed E-state index contributed by atoms with van der Waals surface area (Å²) in [4.78, 5) is 21.5. The minimum atomic E-state index is -1.42. The summed E-state index contributed by atoms with van der Waals surface area (Å²) in [5.74, 6) is -5.74. The number of hydrogen-bond donors (Lipinski definition) is 6. The third-order valence-electron chi connectivity index (χ3n) is 3.78. The summed E-state index contributed by atoms with van der Waals surface area (Å²) in [7, 11) is 0. The van der Waals surface area contributed by atoms with Crippen LogP contribution in [0, 0.1) is 0 Å². The largest absolute Gasteiger partial charge is 0.505 e. The molecule has 3 heterocycles. The highest BCUT2D eigenvalue weighted by Crippen LogP contribution is 2.31. The van der Waals surface area contributed by atoms with Crippen molar-refractivity contribution in [1.29, 1.82) is 0 Å². The Morgan fingerprint density at radius 1 is 1.04 bits per heavy atom. The van der Waals surface area contributed by atoms with Crippen molar-refractivity contribution in [3.05, 3.63) is 23.0 Å². The number of aliphatic hydroxyl groups excluding tert-OH is 6. The van der Waals surface area contributed by atoms with Crippen LogP contribution in [-0.2, 0) is 28.5 Å². The number of carbonyl (C=O) groups excluding carboxylic acids is 2. The second kappa shape index (κ2) is 7.60. The fourth-order valence-corrected chi connectivity index (χ4v) is 2.41. The van der Waals surface area contributed by atoms with Crippen molar-refractivity contribution < 1.29 is 59.2 Å². The zero-order valence-electron chi connectivity index (χ0n) is 14.4. The molecule has 4 atom stereocenters. The Bertz CT molecular complexity index is 678. The lowest BCUT2D eigenvalue weighted by molar-refractivity contribution is -0.163. The molecule has 4 unspecified atom stereocenters. The van der Waals surface area contributed by atoms with E-state index in [9.17, 15) is 14.7 Å². The summed E-state index contributed by atoms with van der Waals surface area (Å²) in [6.07, 6.45) is -4.34. The van der Waals surface area contributed by atoms with Crippen molar-refractivity contribution in [3.8, 4) is 0 Å². The van der Waals surface area contributed by atoms with Gasteiger partial charge in [-0.25, -0.2) is 9.59 Å². The maximum absolute atomic E-state index is 10.9. The molecule has 1 saturated heterocycles. The van der Waals surface area contributed by atoms with E-state index in [1.54, 1.807) is 13.8 Å². The third-order valence-corrected chi connectivity index (χ3v) is 3.78. The van der Waals surface area contributed by atoms with Gasteiger partial charge in [0.2, 0.25) is 11.5 Å². The Hall–Kier alpha value is -2.54. The van der Waals surface area contributed by atoms with Gasteiger partial charge >= 0.3 is 11.9 Å². The van der Waals surface area contributed by atoms with E-state index in [-0.39, 0.29) is 6.61 Å². The maximum atomic E-state index is 10.9. The maximum Gasteiger partial charge on any atom is 0.377 e. The summed E-state index contributed by atoms with van der Waals surface area (Å²) in [5, 5.41) is 53.5. The lowest BCUT2D eigenvalue weighted by Crippen LogP contribution is -2.32. The minimum absolute atomic E-state index is 0.197. The molecule has 0 aromatic rings. The number of esters is 2. The highest BCUT2D eigenvalue weighted by Gasteiger charge is 2.46. The Labute approximate surface area is 152 Å².